The van der Waals surface area contributed by atoms with Crippen LogP contribution in [0.5, 0.6) is 0 Å². The molecule has 0 aromatic carbocycles. The van der Waals surface area contributed by atoms with Gasteiger partial charge in [-0.3, -0.25) is 4.79 Å². The second kappa shape index (κ2) is 47.3. The summed E-state index contributed by atoms with van der Waals surface area (Å²) in [4.78, 5) is 13.2. The molecule has 406 valence electrons. The Morgan fingerprint density at radius 2 is 0.942 bits per heavy atom. The van der Waals surface area contributed by atoms with Gasteiger partial charge in [0, 0.05) is 0 Å². The summed E-state index contributed by atoms with van der Waals surface area (Å²) in [5, 5.41) is 76.1. The molecule has 11 nitrogen and oxygen atoms in total. The second-order valence-corrected chi connectivity index (χ2v) is 20.3. The van der Waals surface area contributed by atoms with E-state index in [0.29, 0.717) is 12.8 Å². The van der Waals surface area contributed by atoms with Gasteiger partial charge in [0.2, 0.25) is 5.91 Å². The van der Waals surface area contributed by atoms with Crippen molar-refractivity contribution in [3.05, 3.63) is 36.5 Å². The highest BCUT2D eigenvalue weighted by atomic mass is 16.7. The SMILES string of the molecule is CC/C=C\C/C=C\CCCCCCCCCCCCCCCC(O)C(=O)NC(COC1OC(CO)C(O)C(O)C1O)C(O)C(O)CCC/C=C/CCCCCCCCCCCCCCCCCCC. The molecule has 9 unspecified atom stereocenters. The summed E-state index contributed by atoms with van der Waals surface area (Å²) in [6, 6.07) is -1.19. The zero-order valence-electron chi connectivity index (χ0n) is 44.3. The predicted molar refractivity (Wildman–Crippen MR) is 284 cm³/mol. The Morgan fingerprint density at radius 3 is 1.41 bits per heavy atom. The van der Waals surface area contributed by atoms with E-state index in [4.69, 9.17) is 9.47 Å². The van der Waals surface area contributed by atoms with Crippen LogP contribution in [0.3, 0.4) is 0 Å². The number of ether oxygens (including phenoxy) is 2. The third kappa shape index (κ3) is 36.0. The number of carbonyl (C=O) groups is 1. The number of nitrogens with one attached hydrogen (secondary N) is 1. The normalized spacial score (nSPS) is 20.6. The number of rotatable bonds is 49. The van der Waals surface area contributed by atoms with Crippen LogP contribution in [0.15, 0.2) is 36.5 Å². The molecule has 0 aromatic rings. The third-order valence-electron chi connectivity index (χ3n) is 13.9. The van der Waals surface area contributed by atoms with Gasteiger partial charge < -0.3 is 50.5 Å². The van der Waals surface area contributed by atoms with Gasteiger partial charge in [-0.25, -0.2) is 0 Å². The van der Waals surface area contributed by atoms with Gasteiger partial charge in [0.25, 0.3) is 0 Å². The highest BCUT2D eigenvalue weighted by Gasteiger charge is 2.44. The highest BCUT2D eigenvalue weighted by Crippen LogP contribution is 2.23. The molecule has 1 saturated heterocycles. The van der Waals surface area contributed by atoms with Crippen LogP contribution in [0.1, 0.15) is 258 Å². The van der Waals surface area contributed by atoms with Crippen molar-refractivity contribution in [2.45, 2.75) is 313 Å². The first-order chi connectivity index (χ1) is 33.7. The number of amides is 1. The Labute approximate surface area is 422 Å². The molecule has 1 heterocycles. The fourth-order valence-electron chi connectivity index (χ4n) is 9.25. The van der Waals surface area contributed by atoms with Gasteiger partial charge in [0.1, 0.15) is 36.6 Å². The first-order valence-electron chi connectivity index (χ1n) is 28.9. The lowest BCUT2D eigenvalue weighted by molar-refractivity contribution is -0.303. The first-order valence-corrected chi connectivity index (χ1v) is 28.9. The molecule has 0 saturated carbocycles. The topological polar surface area (TPSA) is 189 Å². The van der Waals surface area contributed by atoms with Crippen LogP contribution in [0.2, 0.25) is 0 Å². The van der Waals surface area contributed by atoms with Crippen molar-refractivity contribution in [3.63, 3.8) is 0 Å². The number of aliphatic hydroxyl groups is 7. The van der Waals surface area contributed by atoms with Crippen LogP contribution in [0.25, 0.3) is 0 Å². The fourth-order valence-corrected chi connectivity index (χ4v) is 9.25. The molecule has 1 aliphatic heterocycles. The number of hydrogen-bond donors (Lipinski definition) is 8. The Bertz CT molecular complexity index is 1210. The molecule has 1 fully saturated rings. The lowest BCUT2D eigenvalue weighted by Crippen LogP contribution is -2.60. The third-order valence-corrected chi connectivity index (χ3v) is 13.9. The molecule has 11 heteroatoms. The van der Waals surface area contributed by atoms with E-state index in [-0.39, 0.29) is 12.8 Å². The number of aliphatic hydroxyl groups excluding tert-OH is 7. The standard InChI is InChI=1S/C58H109NO10/c1-3-5-7-9-11-13-15-17-19-21-23-25-26-28-29-31-33-35-37-39-41-43-45-50(61)53(63)49(48-68-58-56(66)55(65)54(64)52(47-60)69-58)59-57(67)51(62)46-44-42-40-38-36-34-32-30-27-24-22-20-18-16-14-12-10-8-6-4-2/h6,8,12,14,37,39,49-56,58,60-66H,3-5,7,9-11,13,15-36,38,40-48H2,1-2H3,(H,59,67)/b8-6-,14-12-,39-37+. The molecular weight excluding hydrogens is 871 g/mol. The summed E-state index contributed by atoms with van der Waals surface area (Å²) >= 11 is 0. The summed E-state index contributed by atoms with van der Waals surface area (Å²) in [6.45, 7) is 3.36. The van der Waals surface area contributed by atoms with Gasteiger partial charge in [-0.2, -0.15) is 0 Å². The van der Waals surface area contributed by atoms with Crippen molar-refractivity contribution in [1.29, 1.82) is 0 Å². The maximum Gasteiger partial charge on any atom is 0.249 e. The van der Waals surface area contributed by atoms with Crippen LogP contribution in [0, 0.1) is 0 Å². The van der Waals surface area contributed by atoms with E-state index in [0.717, 1.165) is 51.4 Å². The average molecular weight is 981 g/mol. The molecular formula is C58H109NO10. The Hall–Kier alpha value is -1.67. The molecule has 8 N–H and O–H groups in total. The van der Waals surface area contributed by atoms with E-state index in [2.05, 4.69) is 55.6 Å². The highest BCUT2D eigenvalue weighted by molar-refractivity contribution is 5.80. The molecule has 1 rings (SSSR count). The van der Waals surface area contributed by atoms with Crippen molar-refractivity contribution >= 4 is 5.91 Å². The number of hydrogen-bond acceptors (Lipinski definition) is 10. The Kier molecular flexibility index (Phi) is 44.8. The molecule has 0 radical (unpaired) electrons. The van der Waals surface area contributed by atoms with Gasteiger partial charge in [-0.05, 0) is 64.2 Å². The van der Waals surface area contributed by atoms with Gasteiger partial charge >= 0.3 is 0 Å². The largest absolute Gasteiger partial charge is 0.394 e. The molecule has 1 amide bonds. The minimum atomic E-state index is -1.67. The van der Waals surface area contributed by atoms with E-state index in [9.17, 15) is 40.5 Å². The number of unbranched alkanes of at least 4 members (excludes halogenated alkanes) is 31. The molecule has 0 bridgehead atoms. The van der Waals surface area contributed by atoms with Crippen LogP contribution >= 0.6 is 0 Å². The zero-order chi connectivity index (χ0) is 50.4. The van der Waals surface area contributed by atoms with Gasteiger partial charge in [0.05, 0.1) is 25.4 Å². The molecule has 0 aromatic heterocycles. The van der Waals surface area contributed by atoms with Crippen LogP contribution in [-0.2, 0) is 14.3 Å². The maximum absolute atomic E-state index is 13.2. The van der Waals surface area contributed by atoms with Crippen molar-refractivity contribution in [2.75, 3.05) is 13.2 Å². The molecule has 69 heavy (non-hydrogen) atoms. The van der Waals surface area contributed by atoms with Gasteiger partial charge in [-0.15, -0.1) is 0 Å². The molecule has 1 aliphatic rings. The van der Waals surface area contributed by atoms with Crippen LogP contribution in [-0.4, -0.2) is 110 Å². The van der Waals surface area contributed by atoms with Gasteiger partial charge in [-0.1, -0.05) is 230 Å². The van der Waals surface area contributed by atoms with E-state index < -0.39 is 74.2 Å². The van der Waals surface area contributed by atoms with Crippen molar-refractivity contribution in [1.82, 2.24) is 5.32 Å². The predicted octanol–water partition coefficient (Wildman–Crippen LogP) is 11.9. The second-order valence-electron chi connectivity index (χ2n) is 20.3. The van der Waals surface area contributed by atoms with E-state index in [1.54, 1.807) is 0 Å². The summed E-state index contributed by atoms with van der Waals surface area (Å²) in [5.74, 6) is -0.705. The summed E-state index contributed by atoms with van der Waals surface area (Å²) in [5.41, 5.74) is 0. The van der Waals surface area contributed by atoms with E-state index >= 15 is 0 Å². The van der Waals surface area contributed by atoms with Crippen LogP contribution in [0.4, 0.5) is 0 Å². The quantitative estimate of drug-likeness (QED) is 0.0215. The van der Waals surface area contributed by atoms with E-state index in [1.807, 2.05) is 0 Å². The zero-order valence-corrected chi connectivity index (χ0v) is 44.3. The minimum Gasteiger partial charge on any atom is -0.394 e. The summed E-state index contributed by atoms with van der Waals surface area (Å²) in [6.07, 6.45) is 46.3. The van der Waals surface area contributed by atoms with Gasteiger partial charge in [0.15, 0.2) is 6.29 Å². The fraction of sp³-hybridized carbons (Fsp3) is 0.879. The van der Waals surface area contributed by atoms with Crippen molar-refractivity contribution in [3.8, 4) is 0 Å². The lowest BCUT2D eigenvalue weighted by atomic mass is 9.98. The lowest BCUT2D eigenvalue weighted by Gasteiger charge is -2.40. The van der Waals surface area contributed by atoms with Crippen molar-refractivity contribution in [2.24, 2.45) is 0 Å². The Balaban J connectivity index is 2.33. The number of carbonyl (C=O) groups excluding carboxylic acids is 1. The number of allylic oxidation sites excluding steroid dienone is 6. The summed E-state index contributed by atoms with van der Waals surface area (Å²) < 4.78 is 11.1. The Morgan fingerprint density at radius 1 is 0.522 bits per heavy atom. The van der Waals surface area contributed by atoms with Crippen molar-refractivity contribution < 1.29 is 50.0 Å². The first kappa shape index (κ1) is 65.3. The van der Waals surface area contributed by atoms with E-state index in [1.165, 1.54) is 167 Å². The average Bonchev–Trinajstić information content (AvgIpc) is 3.35. The molecule has 9 atom stereocenters. The maximum atomic E-state index is 13.2. The summed E-state index contributed by atoms with van der Waals surface area (Å²) in [7, 11) is 0. The monoisotopic (exact) mass is 980 g/mol. The molecule has 0 aliphatic carbocycles. The molecule has 0 spiro atoms. The van der Waals surface area contributed by atoms with Crippen LogP contribution < -0.4 is 5.32 Å². The smallest absolute Gasteiger partial charge is 0.249 e. The minimum absolute atomic E-state index is 0.253.